The van der Waals surface area contributed by atoms with Crippen LogP contribution in [0.5, 0.6) is 0 Å². The highest BCUT2D eigenvalue weighted by molar-refractivity contribution is 6.55. The van der Waals surface area contributed by atoms with Crippen molar-refractivity contribution < 1.29 is 9.18 Å². The van der Waals surface area contributed by atoms with Crippen molar-refractivity contribution in [3.8, 4) is 0 Å². The van der Waals surface area contributed by atoms with Crippen LogP contribution in [0.25, 0.3) is 0 Å². The lowest BCUT2D eigenvalue weighted by molar-refractivity contribution is -0.118. The van der Waals surface area contributed by atoms with Crippen molar-refractivity contribution in [3.05, 3.63) is 40.7 Å². The second-order valence-electron chi connectivity index (χ2n) is 5.25. The third kappa shape index (κ3) is 2.93. The van der Waals surface area contributed by atoms with E-state index in [1.54, 1.807) is 18.2 Å². The van der Waals surface area contributed by atoms with E-state index in [4.69, 9.17) is 23.2 Å². The van der Waals surface area contributed by atoms with Gasteiger partial charge in [-0.05, 0) is 29.5 Å². The van der Waals surface area contributed by atoms with Crippen LogP contribution >= 0.6 is 23.2 Å². The second-order valence-corrected chi connectivity index (χ2v) is 6.26. The average Bonchev–Trinajstić information content (AvgIpc) is 2.82. The molecule has 2 atom stereocenters. The van der Waals surface area contributed by atoms with Crippen molar-refractivity contribution in [2.24, 2.45) is 17.3 Å². The van der Waals surface area contributed by atoms with Crippen molar-refractivity contribution in [2.45, 2.75) is 13.8 Å². The number of allylic oxidation sites excluding steroid dienone is 1. The van der Waals surface area contributed by atoms with Crippen LogP contribution in [-0.4, -0.2) is 5.91 Å². The maximum atomic E-state index is 13.5. The van der Waals surface area contributed by atoms with Gasteiger partial charge in [-0.2, -0.15) is 0 Å². The monoisotopic (exact) mass is 301 g/mol. The first kappa shape index (κ1) is 14.4. The van der Waals surface area contributed by atoms with Gasteiger partial charge < -0.3 is 5.32 Å². The zero-order valence-electron chi connectivity index (χ0n) is 10.6. The molecule has 2 rings (SSSR count). The van der Waals surface area contributed by atoms with E-state index in [9.17, 15) is 9.18 Å². The van der Waals surface area contributed by atoms with Crippen LogP contribution in [0.2, 0.25) is 0 Å². The minimum Gasteiger partial charge on any atom is -0.323 e. The van der Waals surface area contributed by atoms with Crippen LogP contribution in [0.3, 0.4) is 0 Å². The molecular formula is C14H14Cl2FNO. The fraction of sp³-hybridized carbons (Fsp3) is 0.357. The molecule has 2 nitrogen and oxygen atoms in total. The summed E-state index contributed by atoms with van der Waals surface area (Å²) in [5, 5.41) is 2.60. The van der Waals surface area contributed by atoms with Gasteiger partial charge in [0.15, 0.2) is 0 Å². The molecule has 0 radical (unpaired) electrons. The van der Waals surface area contributed by atoms with E-state index in [2.05, 4.69) is 5.32 Å². The highest BCUT2D eigenvalue weighted by Gasteiger charge is 2.60. The summed E-state index contributed by atoms with van der Waals surface area (Å²) in [6, 6.07) is 6.08. The number of carbonyl (C=O) groups is 1. The van der Waals surface area contributed by atoms with E-state index in [-0.39, 0.29) is 33.3 Å². The largest absolute Gasteiger partial charge is 0.323 e. The number of hydrogen-bond donors (Lipinski definition) is 1. The van der Waals surface area contributed by atoms with E-state index in [0.29, 0.717) is 0 Å². The molecule has 0 aliphatic heterocycles. The molecule has 0 bridgehead atoms. The second kappa shape index (κ2) is 5.14. The third-order valence-electron chi connectivity index (χ3n) is 3.63. The number of halogens is 3. The van der Waals surface area contributed by atoms with Crippen LogP contribution in [0, 0.1) is 23.1 Å². The molecule has 1 fully saturated rings. The Morgan fingerprint density at radius 3 is 2.58 bits per heavy atom. The minimum atomic E-state index is -0.447. The van der Waals surface area contributed by atoms with Gasteiger partial charge in [0.25, 0.3) is 0 Å². The quantitative estimate of drug-likeness (QED) is 0.883. The summed E-state index contributed by atoms with van der Waals surface area (Å²) < 4.78 is 13.6. The van der Waals surface area contributed by atoms with Gasteiger partial charge in [0.1, 0.15) is 10.3 Å². The number of hydrogen-bond acceptors (Lipinski definition) is 1. The van der Waals surface area contributed by atoms with Crippen LogP contribution in [0.1, 0.15) is 13.8 Å². The van der Waals surface area contributed by atoms with Gasteiger partial charge in [-0.15, -0.1) is 0 Å². The maximum absolute atomic E-state index is 13.5. The molecule has 0 saturated heterocycles. The number of carbonyl (C=O) groups excluding carboxylic acids is 1. The molecule has 1 aromatic carbocycles. The van der Waals surface area contributed by atoms with Crippen molar-refractivity contribution in [1.29, 1.82) is 0 Å². The molecule has 0 aromatic heterocycles. The Morgan fingerprint density at radius 1 is 1.37 bits per heavy atom. The lowest BCUT2D eigenvalue weighted by Crippen LogP contribution is -2.17. The van der Waals surface area contributed by atoms with Crippen LogP contribution < -0.4 is 5.32 Å². The Kier molecular flexibility index (Phi) is 3.88. The molecule has 0 spiro atoms. The van der Waals surface area contributed by atoms with Crippen molar-refractivity contribution >= 4 is 34.8 Å². The number of para-hydroxylation sites is 1. The molecule has 1 saturated carbocycles. The van der Waals surface area contributed by atoms with Gasteiger partial charge in [0.05, 0.1) is 11.6 Å². The normalized spacial score (nSPS) is 23.6. The van der Waals surface area contributed by atoms with Crippen molar-refractivity contribution in [3.63, 3.8) is 0 Å². The molecule has 5 heteroatoms. The van der Waals surface area contributed by atoms with Crippen LogP contribution in [0.4, 0.5) is 10.1 Å². The Morgan fingerprint density at radius 2 is 2.00 bits per heavy atom. The molecule has 1 aliphatic rings. The molecule has 1 N–H and O–H groups in total. The van der Waals surface area contributed by atoms with Gasteiger partial charge in [-0.3, -0.25) is 4.79 Å². The van der Waals surface area contributed by atoms with E-state index in [1.807, 2.05) is 13.8 Å². The number of benzene rings is 1. The average molecular weight is 302 g/mol. The van der Waals surface area contributed by atoms with Gasteiger partial charge >= 0.3 is 0 Å². The van der Waals surface area contributed by atoms with E-state index in [1.165, 1.54) is 12.1 Å². The molecule has 0 unspecified atom stereocenters. The predicted molar refractivity (Wildman–Crippen MR) is 75.6 cm³/mol. The molecular weight excluding hydrogens is 288 g/mol. The van der Waals surface area contributed by atoms with E-state index in [0.717, 1.165) is 0 Å². The van der Waals surface area contributed by atoms with Crippen LogP contribution in [-0.2, 0) is 4.79 Å². The molecule has 102 valence electrons. The number of anilines is 1. The summed E-state index contributed by atoms with van der Waals surface area (Å²) in [7, 11) is 0. The van der Waals surface area contributed by atoms with Gasteiger partial charge in [-0.1, -0.05) is 49.2 Å². The highest BCUT2D eigenvalue weighted by Crippen LogP contribution is 2.60. The lowest BCUT2D eigenvalue weighted by Gasteiger charge is -2.06. The predicted octanol–water partition coefficient (Wildman–Crippen LogP) is 4.36. The van der Waals surface area contributed by atoms with Crippen molar-refractivity contribution in [2.75, 3.05) is 5.32 Å². The molecule has 1 aliphatic carbocycles. The number of rotatable bonds is 3. The van der Waals surface area contributed by atoms with Gasteiger partial charge in [0, 0.05) is 0 Å². The molecule has 0 heterocycles. The third-order valence-corrected chi connectivity index (χ3v) is 3.88. The fourth-order valence-corrected chi connectivity index (χ4v) is 2.67. The first-order valence-corrected chi connectivity index (χ1v) is 6.68. The summed E-state index contributed by atoms with van der Waals surface area (Å²) in [6.07, 6.45) is 1.66. The summed E-state index contributed by atoms with van der Waals surface area (Å²) >= 11 is 11.3. The zero-order chi connectivity index (χ0) is 14.2. The first-order chi connectivity index (χ1) is 8.84. The van der Waals surface area contributed by atoms with E-state index >= 15 is 0 Å². The smallest absolute Gasteiger partial charge is 0.228 e. The summed E-state index contributed by atoms with van der Waals surface area (Å²) in [5.41, 5.74) is -0.0282. The standard InChI is InChI=1S/C14H14Cl2FNO/c1-14(2)8(7-11(15)16)12(14)13(19)18-10-6-4-3-5-9(10)17/h3-8,12H,1-2H3,(H,18,19)/t8-,12-/m1/s1. The molecule has 19 heavy (non-hydrogen) atoms. The minimum absolute atomic E-state index is 0.0238. The summed E-state index contributed by atoms with van der Waals surface area (Å²) in [6.45, 7) is 3.91. The Hall–Kier alpha value is -1.06. The Bertz CT molecular complexity index is 538. The first-order valence-electron chi connectivity index (χ1n) is 5.92. The van der Waals surface area contributed by atoms with E-state index < -0.39 is 5.82 Å². The summed E-state index contributed by atoms with van der Waals surface area (Å²) in [4.78, 5) is 12.1. The summed E-state index contributed by atoms with van der Waals surface area (Å²) in [5.74, 6) is -0.938. The lowest BCUT2D eigenvalue weighted by atomic mass is 10.1. The highest BCUT2D eigenvalue weighted by atomic mass is 35.5. The fourth-order valence-electron chi connectivity index (χ4n) is 2.40. The Labute approximate surface area is 121 Å². The molecule has 1 amide bonds. The molecule has 1 aromatic rings. The van der Waals surface area contributed by atoms with Crippen molar-refractivity contribution in [1.82, 2.24) is 0 Å². The number of nitrogens with one attached hydrogen (secondary N) is 1. The Balaban J connectivity index is 2.10. The van der Waals surface area contributed by atoms with Crippen LogP contribution in [0.15, 0.2) is 34.8 Å². The topological polar surface area (TPSA) is 29.1 Å². The zero-order valence-corrected chi connectivity index (χ0v) is 12.1. The van der Waals surface area contributed by atoms with Gasteiger partial charge in [-0.25, -0.2) is 4.39 Å². The number of amides is 1. The maximum Gasteiger partial charge on any atom is 0.228 e. The SMILES string of the molecule is CC1(C)[C@H](C=C(Cl)Cl)[C@@H]1C(=O)Nc1ccccc1F. The van der Waals surface area contributed by atoms with Gasteiger partial charge in [0.2, 0.25) is 5.91 Å².